The number of halogens is 2. The van der Waals surface area contributed by atoms with Crippen molar-refractivity contribution in [3.05, 3.63) is 103 Å². The van der Waals surface area contributed by atoms with Crippen LogP contribution in [0.5, 0.6) is 0 Å². The van der Waals surface area contributed by atoms with Crippen molar-refractivity contribution in [1.82, 2.24) is 9.55 Å². The quantitative estimate of drug-likeness (QED) is 0.356. The van der Waals surface area contributed by atoms with Gasteiger partial charge in [-0.1, -0.05) is 30.3 Å². The molecule has 0 aliphatic rings. The van der Waals surface area contributed by atoms with Crippen molar-refractivity contribution in [3.8, 4) is 5.69 Å². The summed E-state index contributed by atoms with van der Waals surface area (Å²) < 4.78 is 16.2. The number of aromatic nitrogens is 2. The van der Waals surface area contributed by atoms with E-state index in [-0.39, 0.29) is 11.4 Å². The number of para-hydroxylation sites is 1. The Balaban J connectivity index is 1.97. The zero-order chi connectivity index (χ0) is 19.7. The van der Waals surface area contributed by atoms with E-state index in [0.29, 0.717) is 22.3 Å². The second kappa shape index (κ2) is 7.67. The van der Waals surface area contributed by atoms with Crippen LogP contribution in [-0.4, -0.2) is 9.55 Å². The van der Waals surface area contributed by atoms with E-state index in [4.69, 9.17) is 4.98 Å². The van der Waals surface area contributed by atoms with Gasteiger partial charge in [0.25, 0.3) is 5.56 Å². The van der Waals surface area contributed by atoms with Crippen molar-refractivity contribution >= 4 is 45.6 Å². The lowest BCUT2D eigenvalue weighted by atomic mass is 10.1. The molecular formula is C23H16FIN2O. The second-order valence-electron chi connectivity index (χ2n) is 6.45. The first-order valence-corrected chi connectivity index (χ1v) is 9.83. The van der Waals surface area contributed by atoms with Crippen LogP contribution < -0.4 is 5.56 Å². The molecule has 5 heteroatoms. The van der Waals surface area contributed by atoms with Gasteiger partial charge in [-0.2, -0.15) is 0 Å². The molecule has 0 fully saturated rings. The van der Waals surface area contributed by atoms with Crippen LogP contribution in [0.1, 0.15) is 17.0 Å². The van der Waals surface area contributed by atoms with Gasteiger partial charge in [0.2, 0.25) is 0 Å². The van der Waals surface area contributed by atoms with E-state index < -0.39 is 0 Å². The molecule has 0 saturated carbocycles. The van der Waals surface area contributed by atoms with Gasteiger partial charge in [-0.15, -0.1) is 0 Å². The van der Waals surface area contributed by atoms with Gasteiger partial charge >= 0.3 is 0 Å². The first-order valence-electron chi connectivity index (χ1n) is 8.75. The molecule has 138 valence electrons. The number of hydrogen-bond donors (Lipinski definition) is 0. The monoisotopic (exact) mass is 482 g/mol. The Morgan fingerprint density at radius 3 is 2.61 bits per heavy atom. The molecular weight excluding hydrogens is 466 g/mol. The lowest BCUT2D eigenvalue weighted by molar-refractivity contribution is 0.627. The molecule has 0 aliphatic carbocycles. The predicted molar refractivity (Wildman–Crippen MR) is 120 cm³/mol. The standard InChI is InChI=1S/C23H16FIN2O/c1-15-13-18(25)10-11-21(15)27-22(12-9-16-5-4-6-17(24)14-16)26-20-8-3-2-7-19(20)23(27)28/h2-14H,1H3. The first-order chi connectivity index (χ1) is 13.5. The van der Waals surface area contributed by atoms with Crippen molar-refractivity contribution < 1.29 is 4.39 Å². The number of hydrogen-bond acceptors (Lipinski definition) is 2. The van der Waals surface area contributed by atoms with Crippen molar-refractivity contribution in [2.45, 2.75) is 6.92 Å². The van der Waals surface area contributed by atoms with Gasteiger partial charge in [0.1, 0.15) is 11.6 Å². The average Bonchev–Trinajstić information content (AvgIpc) is 2.68. The van der Waals surface area contributed by atoms with E-state index in [2.05, 4.69) is 22.6 Å². The Hall–Kier alpha value is -2.80. The minimum Gasteiger partial charge on any atom is -0.268 e. The van der Waals surface area contributed by atoms with Crippen LogP contribution in [0.3, 0.4) is 0 Å². The van der Waals surface area contributed by atoms with E-state index in [1.165, 1.54) is 12.1 Å². The van der Waals surface area contributed by atoms with Crippen LogP contribution in [0.2, 0.25) is 0 Å². The van der Waals surface area contributed by atoms with Crippen LogP contribution in [0, 0.1) is 16.3 Å². The summed E-state index contributed by atoms with van der Waals surface area (Å²) >= 11 is 2.25. The highest BCUT2D eigenvalue weighted by Gasteiger charge is 2.13. The molecule has 0 saturated heterocycles. The molecule has 1 aromatic heterocycles. The van der Waals surface area contributed by atoms with E-state index in [1.807, 2.05) is 43.3 Å². The van der Waals surface area contributed by atoms with Crippen LogP contribution in [0.25, 0.3) is 28.7 Å². The van der Waals surface area contributed by atoms with Crippen LogP contribution in [0.4, 0.5) is 4.39 Å². The van der Waals surface area contributed by atoms with Gasteiger partial charge in [-0.25, -0.2) is 9.37 Å². The van der Waals surface area contributed by atoms with Gasteiger partial charge in [0.05, 0.1) is 16.6 Å². The number of benzene rings is 3. The predicted octanol–water partition coefficient (Wildman–Crippen LogP) is 5.61. The summed E-state index contributed by atoms with van der Waals surface area (Å²) in [6, 6.07) is 19.5. The summed E-state index contributed by atoms with van der Waals surface area (Å²) in [5.74, 6) is 0.191. The molecule has 0 unspecified atom stereocenters. The molecule has 0 amide bonds. The van der Waals surface area contributed by atoms with Crippen LogP contribution in [0.15, 0.2) is 71.5 Å². The summed E-state index contributed by atoms with van der Waals surface area (Å²) in [7, 11) is 0. The molecule has 3 nitrogen and oxygen atoms in total. The number of aryl methyl sites for hydroxylation is 1. The second-order valence-corrected chi connectivity index (χ2v) is 7.69. The fraction of sp³-hybridized carbons (Fsp3) is 0.0435. The molecule has 0 atom stereocenters. The SMILES string of the molecule is Cc1cc(I)ccc1-n1c(C=Cc2cccc(F)c2)nc2ccccc2c1=O. The lowest BCUT2D eigenvalue weighted by Gasteiger charge is -2.14. The van der Waals surface area contributed by atoms with Gasteiger partial charge < -0.3 is 0 Å². The van der Waals surface area contributed by atoms with Crippen molar-refractivity contribution in [2.75, 3.05) is 0 Å². The average molecular weight is 482 g/mol. The highest BCUT2D eigenvalue weighted by atomic mass is 127. The van der Waals surface area contributed by atoms with Crippen molar-refractivity contribution in [3.63, 3.8) is 0 Å². The van der Waals surface area contributed by atoms with E-state index in [1.54, 1.807) is 34.9 Å². The number of fused-ring (bicyclic) bond motifs is 1. The lowest BCUT2D eigenvalue weighted by Crippen LogP contribution is -2.23. The summed E-state index contributed by atoms with van der Waals surface area (Å²) in [5.41, 5.74) is 2.96. The highest BCUT2D eigenvalue weighted by Crippen LogP contribution is 2.20. The van der Waals surface area contributed by atoms with Crippen LogP contribution in [-0.2, 0) is 0 Å². The normalized spacial score (nSPS) is 11.4. The molecule has 0 bridgehead atoms. The smallest absolute Gasteiger partial charge is 0.266 e. The molecule has 0 N–H and O–H groups in total. The van der Waals surface area contributed by atoms with Crippen molar-refractivity contribution in [2.24, 2.45) is 0 Å². The summed E-state index contributed by atoms with van der Waals surface area (Å²) in [4.78, 5) is 18.0. The van der Waals surface area contributed by atoms with Crippen LogP contribution >= 0.6 is 22.6 Å². The third kappa shape index (κ3) is 3.62. The summed E-state index contributed by atoms with van der Waals surface area (Å²) in [5, 5.41) is 0.559. The molecule has 4 aromatic rings. The Kier molecular flexibility index (Phi) is 5.09. The van der Waals surface area contributed by atoms with Gasteiger partial charge in [0.15, 0.2) is 0 Å². The fourth-order valence-corrected chi connectivity index (χ4v) is 3.79. The summed E-state index contributed by atoms with van der Waals surface area (Å²) in [6.07, 6.45) is 3.51. The van der Waals surface area contributed by atoms with Gasteiger partial charge in [-0.05, 0) is 89.2 Å². The maximum Gasteiger partial charge on any atom is 0.266 e. The highest BCUT2D eigenvalue weighted by molar-refractivity contribution is 14.1. The van der Waals surface area contributed by atoms with E-state index in [0.717, 1.165) is 14.8 Å². The Morgan fingerprint density at radius 2 is 1.82 bits per heavy atom. The number of rotatable bonds is 3. The maximum atomic E-state index is 13.5. The molecule has 0 radical (unpaired) electrons. The molecule has 0 spiro atoms. The number of nitrogens with zero attached hydrogens (tertiary/aromatic N) is 2. The largest absolute Gasteiger partial charge is 0.268 e. The molecule has 0 aliphatic heterocycles. The Labute approximate surface area is 175 Å². The molecule has 4 rings (SSSR count). The minimum atomic E-state index is -0.306. The third-order valence-corrected chi connectivity index (χ3v) is 5.15. The van der Waals surface area contributed by atoms with Crippen molar-refractivity contribution in [1.29, 1.82) is 0 Å². The Bertz CT molecular complexity index is 1280. The minimum absolute atomic E-state index is 0.131. The van der Waals surface area contributed by atoms with E-state index >= 15 is 0 Å². The maximum absolute atomic E-state index is 13.5. The molecule has 28 heavy (non-hydrogen) atoms. The topological polar surface area (TPSA) is 34.9 Å². The first kappa shape index (κ1) is 18.6. The van der Waals surface area contributed by atoms with E-state index in [9.17, 15) is 9.18 Å². The zero-order valence-corrected chi connectivity index (χ0v) is 17.2. The Morgan fingerprint density at radius 1 is 1.00 bits per heavy atom. The zero-order valence-electron chi connectivity index (χ0n) is 15.1. The third-order valence-electron chi connectivity index (χ3n) is 4.47. The summed E-state index contributed by atoms with van der Waals surface area (Å²) in [6.45, 7) is 1.97. The van der Waals surface area contributed by atoms with Gasteiger partial charge in [-0.3, -0.25) is 9.36 Å². The van der Waals surface area contributed by atoms with Gasteiger partial charge in [0, 0.05) is 3.57 Å². The molecule has 3 aromatic carbocycles. The molecule has 1 heterocycles. The fourth-order valence-electron chi connectivity index (χ4n) is 3.15.